The normalized spacial score (nSPS) is 11.9. The van der Waals surface area contributed by atoms with E-state index < -0.39 is 0 Å². The van der Waals surface area contributed by atoms with Crippen molar-refractivity contribution in [1.29, 1.82) is 0 Å². The maximum Gasteiger partial charge on any atom is 0.0175 e. The molecule has 4 rings (SSSR count). The molecule has 0 spiro atoms. The van der Waals surface area contributed by atoms with Gasteiger partial charge in [0.15, 0.2) is 0 Å². The van der Waals surface area contributed by atoms with Gasteiger partial charge in [-0.3, -0.25) is 0 Å². The van der Waals surface area contributed by atoms with Crippen LogP contribution in [0.15, 0.2) is 106 Å². The molecule has 4 aromatic carbocycles. The fourth-order valence-electron chi connectivity index (χ4n) is 7.45. The van der Waals surface area contributed by atoms with Crippen LogP contribution in [0.1, 0.15) is 176 Å². The Morgan fingerprint density at radius 3 is 0.808 bits per heavy atom. The summed E-state index contributed by atoms with van der Waals surface area (Å²) in [5.41, 5.74) is 10.4. The van der Waals surface area contributed by atoms with Gasteiger partial charge in [0, 0.05) is 8.95 Å². The Kier molecular flexibility index (Phi) is 20.8. The first kappa shape index (κ1) is 42.3. The van der Waals surface area contributed by atoms with E-state index >= 15 is 0 Å². The molecule has 0 nitrogen and oxygen atoms in total. The van der Waals surface area contributed by atoms with Crippen molar-refractivity contribution < 1.29 is 0 Å². The highest BCUT2D eigenvalue weighted by Gasteiger charge is 2.17. The van der Waals surface area contributed by atoms with Crippen LogP contribution in [0.3, 0.4) is 0 Å². The largest absolute Gasteiger partial charge is 0.0654 e. The molecule has 0 unspecified atom stereocenters. The molecule has 0 aliphatic carbocycles. The van der Waals surface area contributed by atoms with E-state index in [0.717, 1.165) is 21.8 Å². The minimum absolute atomic E-state index is 1.10. The van der Waals surface area contributed by atoms with Gasteiger partial charge in [-0.05, 0) is 94.5 Å². The van der Waals surface area contributed by atoms with Gasteiger partial charge < -0.3 is 0 Å². The number of aryl methyl sites for hydroxylation is 2. The zero-order chi connectivity index (χ0) is 36.6. The third kappa shape index (κ3) is 15.5. The number of hydrogen-bond donors (Lipinski definition) is 0. The van der Waals surface area contributed by atoms with E-state index in [1.807, 2.05) is 0 Å². The molecule has 0 radical (unpaired) electrons. The van der Waals surface area contributed by atoms with Gasteiger partial charge in [-0.25, -0.2) is 0 Å². The van der Waals surface area contributed by atoms with E-state index in [1.165, 1.54) is 173 Å². The van der Waals surface area contributed by atoms with Crippen LogP contribution in [0.5, 0.6) is 0 Å². The molecule has 52 heavy (non-hydrogen) atoms. The summed E-state index contributed by atoms with van der Waals surface area (Å²) >= 11 is 7.37. The summed E-state index contributed by atoms with van der Waals surface area (Å²) in [5, 5.41) is 0. The van der Waals surface area contributed by atoms with Crippen molar-refractivity contribution in [2.24, 2.45) is 0 Å². The van der Waals surface area contributed by atoms with Gasteiger partial charge in [0.1, 0.15) is 0 Å². The van der Waals surface area contributed by atoms with E-state index in [0.29, 0.717) is 0 Å². The van der Waals surface area contributed by atoms with Crippen LogP contribution in [-0.4, -0.2) is 0 Å². The smallest absolute Gasteiger partial charge is 0.0175 e. The summed E-state index contributed by atoms with van der Waals surface area (Å²) < 4.78 is 2.20. The van der Waals surface area contributed by atoms with Crippen molar-refractivity contribution in [3.05, 3.63) is 139 Å². The molecule has 280 valence electrons. The second-order valence-corrected chi connectivity index (χ2v) is 16.9. The highest BCUT2D eigenvalue weighted by atomic mass is 79.9. The van der Waals surface area contributed by atoms with Crippen LogP contribution >= 0.6 is 31.9 Å². The first-order chi connectivity index (χ1) is 25.6. The topological polar surface area (TPSA) is 0 Å². The van der Waals surface area contributed by atoms with Crippen molar-refractivity contribution in [3.63, 3.8) is 0 Å². The SMILES string of the molecule is CCCCCCCCCCCCc1ccc(/C(=C(\c2ccc(Br)cc2)c2ccc(CCCCCCCCCCCC)cc2)c2ccc(Br)cc2)cc1. The molecule has 0 aliphatic heterocycles. The molecule has 0 atom stereocenters. The van der Waals surface area contributed by atoms with Gasteiger partial charge >= 0.3 is 0 Å². The zero-order valence-corrected chi connectivity index (χ0v) is 35.7. The Morgan fingerprint density at radius 1 is 0.308 bits per heavy atom. The average Bonchev–Trinajstić information content (AvgIpc) is 3.17. The number of benzene rings is 4. The second-order valence-electron chi connectivity index (χ2n) is 15.0. The molecular formula is C50H66Br2. The fourth-order valence-corrected chi connectivity index (χ4v) is 7.98. The third-order valence-corrected chi connectivity index (χ3v) is 11.7. The predicted octanol–water partition coefficient (Wildman–Crippen LogP) is 17.1. The highest BCUT2D eigenvalue weighted by molar-refractivity contribution is 9.10. The molecule has 0 fully saturated rings. The Hall–Kier alpha value is -2.42. The van der Waals surface area contributed by atoms with E-state index in [2.05, 4.69) is 143 Å². The van der Waals surface area contributed by atoms with Crippen LogP contribution < -0.4 is 0 Å². The third-order valence-electron chi connectivity index (χ3n) is 10.6. The highest BCUT2D eigenvalue weighted by Crippen LogP contribution is 2.38. The number of unbranched alkanes of at least 4 members (excludes halogenated alkanes) is 18. The van der Waals surface area contributed by atoms with Crippen LogP contribution in [0.4, 0.5) is 0 Å². The van der Waals surface area contributed by atoms with E-state index in [-0.39, 0.29) is 0 Å². The summed E-state index contributed by atoms with van der Waals surface area (Å²) in [7, 11) is 0. The Labute approximate surface area is 335 Å². The molecule has 0 bridgehead atoms. The maximum atomic E-state index is 3.69. The molecule has 0 N–H and O–H groups in total. The van der Waals surface area contributed by atoms with Crippen molar-refractivity contribution in [3.8, 4) is 0 Å². The Morgan fingerprint density at radius 2 is 0.538 bits per heavy atom. The van der Waals surface area contributed by atoms with Gasteiger partial charge in [-0.2, -0.15) is 0 Å². The zero-order valence-electron chi connectivity index (χ0n) is 32.5. The van der Waals surface area contributed by atoms with Crippen molar-refractivity contribution in [2.75, 3.05) is 0 Å². The average molecular weight is 827 g/mol. The van der Waals surface area contributed by atoms with Crippen molar-refractivity contribution in [2.45, 2.75) is 155 Å². The molecule has 0 aromatic heterocycles. The predicted molar refractivity (Wildman–Crippen MR) is 237 cm³/mol. The second kappa shape index (κ2) is 25.6. The lowest BCUT2D eigenvalue weighted by molar-refractivity contribution is 0.556. The van der Waals surface area contributed by atoms with Crippen LogP contribution in [-0.2, 0) is 12.8 Å². The lowest BCUT2D eigenvalue weighted by Crippen LogP contribution is -1.99. The first-order valence-electron chi connectivity index (χ1n) is 21.0. The molecule has 0 aliphatic rings. The van der Waals surface area contributed by atoms with Gasteiger partial charge in [-0.15, -0.1) is 0 Å². The number of rotatable bonds is 26. The van der Waals surface area contributed by atoms with Crippen LogP contribution in [0.2, 0.25) is 0 Å². The molecule has 4 aromatic rings. The summed E-state index contributed by atoms with van der Waals surface area (Å²) in [5.74, 6) is 0. The summed E-state index contributed by atoms with van der Waals surface area (Å²) in [6.07, 6.45) is 29.9. The minimum Gasteiger partial charge on any atom is -0.0654 e. The molecule has 0 amide bonds. The van der Waals surface area contributed by atoms with E-state index in [1.54, 1.807) is 0 Å². The van der Waals surface area contributed by atoms with E-state index in [9.17, 15) is 0 Å². The Bertz CT molecular complexity index is 1410. The van der Waals surface area contributed by atoms with Gasteiger partial charge in [0.05, 0.1) is 0 Å². The minimum atomic E-state index is 1.10. The standard InChI is InChI=1S/C50H66Br2/c1-3-5-7-9-11-13-15-17-19-21-23-41-25-29-43(30-26-41)49(45-33-37-47(51)38-34-45)50(46-35-39-48(52)40-36-46)44-31-27-42(28-32-44)24-22-20-18-16-14-12-10-8-6-4-2/h25-40H,3-24H2,1-2H3/b50-49+. The molecule has 0 saturated carbocycles. The fraction of sp³-hybridized carbons (Fsp3) is 0.480. The van der Waals surface area contributed by atoms with Gasteiger partial charge in [-0.1, -0.05) is 234 Å². The van der Waals surface area contributed by atoms with Gasteiger partial charge in [0.25, 0.3) is 0 Å². The van der Waals surface area contributed by atoms with E-state index in [4.69, 9.17) is 0 Å². The Balaban J connectivity index is 1.47. The van der Waals surface area contributed by atoms with Crippen molar-refractivity contribution in [1.82, 2.24) is 0 Å². The van der Waals surface area contributed by atoms with Gasteiger partial charge in [0.2, 0.25) is 0 Å². The monoisotopic (exact) mass is 824 g/mol. The molecular weight excluding hydrogens is 760 g/mol. The first-order valence-corrected chi connectivity index (χ1v) is 22.6. The van der Waals surface area contributed by atoms with Crippen LogP contribution in [0.25, 0.3) is 11.1 Å². The maximum absolute atomic E-state index is 3.69. The quantitative estimate of drug-likeness (QED) is 0.0437. The molecule has 2 heteroatoms. The summed E-state index contributed by atoms with van der Waals surface area (Å²) in [4.78, 5) is 0. The molecule has 0 heterocycles. The lowest BCUT2D eigenvalue weighted by Gasteiger charge is -2.19. The summed E-state index contributed by atoms with van der Waals surface area (Å²) in [6, 6.07) is 36.7. The van der Waals surface area contributed by atoms with Crippen molar-refractivity contribution >= 4 is 43.0 Å². The molecule has 0 saturated heterocycles. The summed E-state index contributed by atoms with van der Waals surface area (Å²) in [6.45, 7) is 4.59. The lowest BCUT2D eigenvalue weighted by atomic mass is 9.85. The number of halogens is 2. The number of hydrogen-bond acceptors (Lipinski definition) is 0. The van der Waals surface area contributed by atoms with Crippen LogP contribution in [0, 0.1) is 0 Å².